The van der Waals surface area contributed by atoms with E-state index < -0.39 is 24.0 Å². The molecule has 1 unspecified atom stereocenters. The molecule has 0 spiro atoms. The summed E-state index contributed by atoms with van der Waals surface area (Å²) >= 11 is 0. The van der Waals surface area contributed by atoms with Crippen LogP contribution in [0.15, 0.2) is 18.2 Å². The van der Waals surface area contributed by atoms with E-state index in [9.17, 15) is 17.3 Å². The fourth-order valence-corrected chi connectivity index (χ4v) is 1.71. The van der Waals surface area contributed by atoms with Gasteiger partial charge in [-0.25, -0.2) is 4.39 Å². The van der Waals surface area contributed by atoms with Crippen LogP contribution in [0.3, 0.4) is 0 Å². The number of rotatable bonds is 6. The van der Waals surface area contributed by atoms with Crippen LogP contribution in [0.2, 0.25) is 0 Å². The second-order valence-electron chi connectivity index (χ2n) is 4.46. The molecule has 18 heavy (non-hydrogen) atoms. The van der Waals surface area contributed by atoms with E-state index in [0.29, 0.717) is 0 Å². The van der Waals surface area contributed by atoms with E-state index in [1.54, 1.807) is 0 Å². The zero-order valence-corrected chi connectivity index (χ0v) is 10.4. The summed E-state index contributed by atoms with van der Waals surface area (Å²) in [6.45, 7) is -1.14. The minimum atomic E-state index is -5.18. The van der Waals surface area contributed by atoms with Crippen molar-refractivity contribution in [3.8, 4) is 5.75 Å². The first-order valence-corrected chi connectivity index (χ1v) is 5.96. The summed E-state index contributed by atoms with van der Waals surface area (Å²) in [6.07, 6.45) is 1.80. The fraction of sp³-hybridized carbons (Fsp3) is 0.500. The van der Waals surface area contributed by atoms with Gasteiger partial charge in [0.15, 0.2) is 0 Å². The molecule has 0 radical (unpaired) electrons. The summed E-state index contributed by atoms with van der Waals surface area (Å²) in [5, 5.41) is 0. The Balaban J connectivity index is 2.83. The van der Waals surface area contributed by atoms with Gasteiger partial charge in [-0.3, -0.25) is 0 Å². The van der Waals surface area contributed by atoms with E-state index in [1.807, 2.05) is 13.8 Å². The minimum absolute atomic E-state index is 0.145. The highest BCUT2D eigenvalue weighted by molar-refractivity contribution is 6.74. The largest absolute Gasteiger partial charge is 0.513 e. The Labute approximate surface area is 104 Å². The predicted molar refractivity (Wildman–Crippen MR) is 64.7 cm³/mol. The van der Waals surface area contributed by atoms with Gasteiger partial charge in [-0.05, 0) is 18.4 Å². The highest BCUT2D eigenvalue weighted by atomic mass is 19.4. The van der Waals surface area contributed by atoms with Crippen LogP contribution < -0.4 is 10.2 Å². The third-order valence-electron chi connectivity index (χ3n) is 2.63. The molecule has 1 nitrogen and oxygen atoms in total. The summed E-state index contributed by atoms with van der Waals surface area (Å²) < 4.78 is 56.2. The summed E-state index contributed by atoms with van der Waals surface area (Å²) in [5.74, 6) is -0.991. The van der Waals surface area contributed by atoms with E-state index in [-0.39, 0.29) is 12.5 Å². The Kier molecular flexibility index (Phi) is 5.05. The van der Waals surface area contributed by atoms with Crippen molar-refractivity contribution in [2.24, 2.45) is 5.92 Å². The van der Waals surface area contributed by atoms with Gasteiger partial charge >= 0.3 is 6.98 Å². The lowest BCUT2D eigenvalue weighted by Gasteiger charge is -2.21. The van der Waals surface area contributed by atoms with Crippen LogP contribution in [-0.4, -0.2) is 13.6 Å². The van der Waals surface area contributed by atoms with Crippen molar-refractivity contribution in [2.75, 3.05) is 6.61 Å². The molecule has 0 heterocycles. The average Bonchev–Trinajstić information content (AvgIpc) is 2.25. The third-order valence-corrected chi connectivity index (χ3v) is 2.63. The second-order valence-corrected chi connectivity index (χ2v) is 4.46. The van der Waals surface area contributed by atoms with Crippen molar-refractivity contribution in [1.82, 2.24) is 0 Å². The Morgan fingerprint density at radius 3 is 2.50 bits per heavy atom. The summed E-state index contributed by atoms with van der Waals surface area (Å²) in [4.78, 5) is 0. The van der Waals surface area contributed by atoms with Crippen molar-refractivity contribution in [3.05, 3.63) is 24.0 Å². The Morgan fingerprint density at radius 1 is 1.28 bits per heavy atom. The van der Waals surface area contributed by atoms with Crippen LogP contribution >= 0.6 is 0 Å². The molecular formula is C12H16BF4O-. The maximum atomic E-state index is 13.0. The maximum absolute atomic E-state index is 13.0. The molecule has 0 aliphatic rings. The first-order valence-electron chi connectivity index (χ1n) is 5.96. The van der Waals surface area contributed by atoms with Gasteiger partial charge in [0.2, 0.25) is 0 Å². The zero-order valence-electron chi connectivity index (χ0n) is 10.4. The second kappa shape index (κ2) is 6.11. The highest BCUT2D eigenvalue weighted by Crippen LogP contribution is 2.20. The van der Waals surface area contributed by atoms with Crippen molar-refractivity contribution < 1.29 is 22.1 Å². The van der Waals surface area contributed by atoms with E-state index in [0.717, 1.165) is 31.0 Å². The minimum Gasteiger partial charge on any atom is -0.496 e. The molecule has 0 saturated heterocycles. The Bertz CT molecular complexity index is 392. The maximum Gasteiger partial charge on any atom is 0.513 e. The SMILES string of the molecule is CCCC(C)COc1cc(F)ccc1[B-](F)(F)F. The number of halogens is 4. The number of hydrogen-bond acceptors (Lipinski definition) is 1. The third kappa shape index (κ3) is 4.24. The van der Waals surface area contributed by atoms with E-state index in [2.05, 4.69) is 0 Å². The standard InChI is InChI=1S/C12H16BF4O/c1-3-4-9(2)8-18-12-7-10(14)5-6-11(12)13(15,16)17/h5-7,9H,3-4,8H2,1-2H3/q-1. The first kappa shape index (κ1) is 14.9. The van der Waals surface area contributed by atoms with Crippen LogP contribution in [0.1, 0.15) is 26.7 Å². The molecule has 0 amide bonds. The quantitative estimate of drug-likeness (QED) is 0.561. The number of benzene rings is 1. The average molecular weight is 263 g/mol. The number of hydrogen-bond donors (Lipinski definition) is 0. The van der Waals surface area contributed by atoms with E-state index in [1.165, 1.54) is 0 Å². The van der Waals surface area contributed by atoms with Crippen molar-refractivity contribution in [3.63, 3.8) is 0 Å². The Morgan fingerprint density at radius 2 is 1.94 bits per heavy atom. The molecule has 1 aromatic carbocycles. The number of ether oxygens (including phenoxy) is 1. The van der Waals surface area contributed by atoms with Gasteiger partial charge in [0.25, 0.3) is 0 Å². The topological polar surface area (TPSA) is 9.23 Å². The molecule has 0 fully saturated rings. The molecule has 0 saturated carbocycles. The van der Waals surface area contributed by atoms with E-state index in [4.69, 9.17) is 4.74 Å². The zero-order chi connectivity index (χ0) is 13.8. The molecule has 0 N–H and O–H groups in total. The van der Waals surface area contributed by atoms with Gasteiger partial charge in [-0.15, -0.1) is 0 Å². The van der Waals surface area contributed by atoms with Crippen LogP contribution in [0.25, 0.3) is 0 Å². The first-order chi connectivity index (χ1) is 8.34. The van der Waals surface area contributed by atoms with Crippen LogP contribution in [0.4, 0.5) is 17.3 Å². The Hall–Kier alpha value is -1.20. The van der Waals surface area contributed by atoms with Gasteiger partial charge in [-0.2, -0.15) is 0 Å². The molecule has 6 heteroatoms. The molecule has 1 rings (SSSR count). The van der Waals surface area contributed by atoms with Crippen LogP contribution in [-0.2, 0) is 0 Å². The molecule has 102 valence electrons. The van der Waals surface area contributed by atoms with E-state index >= 15 is 0 Å². The van der Waals surface area contributed by atoms with Crippen molar-refractivity contribution >= 4 is 12.4 Å². The molecule has 0 aromatic heterocycles. The van der Waals surface area contributed by atoms with Crippen molar-refractivity contribution in [1.29, 1.82) is 0 Å². The predicted octanol–water partition coefficient (Wildman–Crippen LogP) is 3.70. The lowest BCUT2D eigenvalue weighted by molar-refractivity contribution is 0.251. The smallest absolute Gasteiger partial charge is 0.496 e. The molecular weight excluding hydrogens is 247 g/mol. The summed E-state index contributed by atoms with van der Waals surface area (Å²) in [5.41, 5.74) is -0.875. The van der Waals surface area contributed by atoms with Gasteiger partial charge in [-0.1, -0.05) is 31.8 Å². The van der Waals surface area contributed by atoms with Gasteiger partial charge < -0.3 is 17.7 Å². The fourth-order valence-electron chi connectivity index (χ4n) is 1.71. The van der Waals surface area contributed by atoms with Crippen molar-refractivity contribution in [2.45, 2.75) is 26.7 Å². The molecule has 0 aliphatic heterocycles. The molecule has 0 bridgehead atoms. The summed E-state index contributed by atoms with van der Waals surface area (Å²) in [6, 6.07) is 2.32. The monoisotopic (exact) mass is 263 g/mol. The van der Waals surface area contributed by atoms with Gasteiger partial charge in [0, 0.05) is 6.07 Å². The van der Waals surface area contributed by atoms with Gasteiger partial charge in [0.05, 0.1) is 12.4 Å². The van der Waals surface area contributed by atoms with Gasteiger partial charge in [0.1, 0.15) is 5.82 Å². The lowest BCUT2D eigenvalue weighted by atomic mass is 9.79. The highest BCUT2D eigenvalue weighted by Gasteiger charge is 2.29. The molecule has 1 aromatic rings. The molecule has 0 aliphatic carbocycles. The normalized spacial score (nSPS) is 13.4. The van der Waals surface area contributed by atoms with Crippen LogP contribution in [0.5, 0.6) is 5.75 Å². The summed E-state index contributed by atoms with van der Waals surface area (Å²) in [7, 11) is 0. The molecule has 1 atom stereocenters. The van der Waals surface area contributed by atoms with Crippen LogP contribution in [0, 0.1) is 11.7 Å². The lowest BCUT2D eigenvalue weighted by Crippen LogP contribution is -2.35.